The second kappa shape index (κ2) is 19.1. The molecular weight excluding hydrogens is 260 g/mol. The molecule has 0 radical (unpaired) electrons. The molecule has 8 nitrogen and oxygen atoms in total. The van der Waals surface area contributed by atoms with E-state index in [9.17, 15) is 9.59 Å². The summed E-state index contributed by atoms with van der Waals surface area (Å²) in [6.45, 7) is 1.14. The van der Waals surface area contributed by atoms with E-state index in [2.05, 4.69) is 0 Å². The molecule has 0 aliphatic rings. The highest BCUT2D eigenvalue weighted by atomic mass is 16.4. The molecule has 0 bridgehead atoms. The fourth-order valence-electron chi connectivity index (χ4n) is 0.552. The Balaban J connectivity index is -0.000000238. The lowest BCUT2D eigenvalue weighted by molar-refractivity contribution is -0.139. The van der Waals surface area contributed by atoms with E-state index in [4.69, 9.17) is 30.6 Å². The molecule has 116 valence electrons. The maximum atomic E-state index is 9.90. The van der Waals surface area contributed by atoms with Crippen molar-refractivity contribution in [1.82, 2.24) is 0 Å². The first-order chi connectivity index (χ1) is 8.81. The van der Waals surface area contributed by atoms with Gasteiger partial charge in [0, 0.05) is 12.8 Å². The van der Waals surface area contributed by atoms with Gasteiger partial charge in [0.1, 0.15) is 0 Å². The highest BCUT2D eigenvalue weighted by Gasteiger charge is 1.99. The van der Waals surface area contributed by atoms with Gasteiger partial charge in [-0.1, -0.05) is 0 Å². The van der Waals surface area contributed by atoms with E-state index in [1.165, 1.54) is 6.92 Å². The molecule has 0 saturated heterocycles. The first kappa shape index (κ1) is 22.9. The molecule has 19 heavy (non-hydrogen) atoms. The van der Waals surface area contributed by atoms with Gasteiger partial charge in [0.15, 0.2) is 0 Å². The number of carboxylic acids is 2. The fourth-order valence-corrected chi connectivity index (χ4v) is 0.552. The highest BCUT2D eigenvalue weighted by Crippen LogP contribution is 1.98. The van der Waals surface area contributed by atoms with Crippen molar-refractivity contribution >= 4 is 11.9 Å². The van der Waals surface area contributed by atoms with E-state index in [-0.39, 0.29) is 32.7 Å². The summed E-state index contributed by atoms with van der Waals surface area (Å²) in [5.41, 5.74) is 0. The van der Waals surface area contributed by atoms with E-state index < -0.39 is 18.0 Å². The van der Waals surface area contributed by atoms with E-state index >= 15 is 0 Å². The second-order valence-electron chi connectivity index (χ2n) is 3.47. The van der Waals surface area contributed by atoms with Crippen LogP contribution in [-0.4, -0.2) is 68.5 Å². The zero-order chi connectivity index (χ0) is 15.7. The summed E-state index contributed by atoms with van der Waals surface area (Å²) in [6.07, 6.45) is 0.457. The number of aliphatic hydroxyl groups is 4. The van der Waals surface area contributed by atoms with Gasteiger partial charge in [-0.05, 0) is 19.8 Å². The van der Waals surface area contributed by atoms with Crippen molar-refractivity contribution in [2.24, 2.45) is 0 Å². The summed E-state index contributed by atoms with van der Waals surface area (Å²) in [5, 5.41) is 47.5. The van der Waals surface area contributed by atoms with Gasteiger partial charge in [-0.3, -0.25) is 9.59 Å². The van der Waals surface area contributed by atoms with Crippen LogP contribution >= 0.6 is 0 Å². The molecule has 0 heterocycles. The van der Waals surface area contributed by atoms with Crippen LogP contribution < -0.4 is 0 Å². The van der Waals surface area contributed by atoms with Crippen LogP contribution in [0.3, 0.4) is 0 Å². The molecule has 0 saturated carbocycles. The van der Waals surface area contributed by atoms with Crippen molar-refractivity contribution in [2.45, 2.75) is 38.7 Å². The quantitative estimate of drug-likeness (QED) is 0.327. The summed E-state index contributed by atoms with van der Waals surface area (Å²) in [5.74, 6) is -1.74. The van der Waals surface area contributed by atoms with Crippen molar-refractivity contribution in [1.29, 1.82) is 0 Å². The predicted octanol–water partition coefficient (Wildman–Crippen LogP) is -0.953. The van der Waals surface area contributed by atoms with E-state index in [0.717, 1.165) is 0 Å². The van der Waals surface area contributed by atoms with Crippen LogP contribution in [0.25, 0.3) is 0 Å². The van der Waals surface area contributed by atoms with Crippen LogP contribution in [-0.2, 0) is 9.59 Å². The van der Waals surface area contributed by atoms with Gasteiger partial charge in [-0.2, -0.15) is 0 Å². The van der Waals surface area contributed by atoms with Crippen LogP contribution in [0.2, 0.25) is 0 Å². The number of hydrogen-bond donors (Lipinski definition) is 6. The number of unbranched alkanes of at least 4 members (excludes halogenated alkanes) is 1. The van der Waals surface area contributed by atoms with Gasteiger partial charge < -0.3 is 30.6 Å². The van der Waals surface area contributed by atoms with Crippen molar-refractivity contribution in [3.05, 3.63) is 0 Å². The molecule has 6 N–H and O–H groups in total. The molecule has 0 amide bonds. The van der Waals surface area contributed by atoms with Gasteiger partial charge >= 0.3 is 11.9 Å². The van der Waals surface area contributed by atoms with E-state index in [0.29, 0.717) is 12.8 Å². The molecule has 1 atom stereocenters. The largest absolute Gasteiger partial charge is 0.481 e. The van der Waals surface area contributed by atoms with Gasteiger partial charge in [-0.25, -0.2) is 0 Å². The third-order valence-corrected chi connectivity index (χ3v) is 1.40. The Kier molecular flexibility index (Phi) is 23.1. The lowest BCUT2D eigenvalue weighted by Crippen LogP contribution is -2.03. The fraction of sp³-hybridized carbons (Fsp3) is 0.818. The SMILES string of the molecule is CC(O)CO.O=C(O)CCCCC(=O)O.OCCO. The third-order valence-electron chi connectivity index (χ3n) is 1.40. The lowest BCUT2D eigenvalue weighted by atomic mass is 10.2. The molecule has 0 aromatic heterocycles. The minimum absolute atomic E-state index is 0.0628. The summed E-state index contributed by atoms with van der Waals surface area (Å²) >= 11 is 0. The summed E-state index contributed by atoms with van der Waals surface area (Å²) in [4.78, 5) is 19.8. The first-order valence-corrected chi connectivity index (χ1v) is 5.76. The molecule has 0 aliphatic heterocycles. The van der Waals surface area contributed by atoms with Crippen molar-refractivity contribution in [3.8, 4) is 0 Å². The number of aliphatic carboxylic acids is 2. The number of rotatable bonds is 7. The maximum absolute atomic E-state index is 9.90. The van der Waals surface area contributed by atoms with Crippen LogP contribution in [0.4, 0.5) is 0 Å². The van der Waals surface area contributed by atoms with Crippen LogP contribution in [0, 0.1) is 0 Å². The topological polar surface area (TPSA) is 156 Å². The highest BCUT2D eigenvalue weighted by molar-refractivity contribution is 5.67. The first-order valence-electron chi connectivity index (χ1n) is 5.76. The maximum Gasteiger partial charge on any atom is 0.303 e. The molecule has 0 rings (SSSR count). The summed E-state index contributed by atoms with van der Waals surface area (Å²) < 4.78 is 0. The van der Waals surface area contributed by atoms with Crippen LogP contribution in [0.5, 0.6) is 0 Å². The Labute approximate surface area is 111 Å². The molecule has 0 spiro atoms. The van der Waals surface area contributed by atoms with Crippen LogP contribution in [0.15, 0.2) is 0 Å². The van der Waals surface area contributed by atoms with Gasteiger partial charge in [-0.15, -0.1) is 0 Å². The number of aliphatic hydroxyl groups excluding tert-OH is 4. The molecule has 0 aromatic rings. The van der Waals surface area contributed by atoms with Gasteiger partial charge in [0.2, 0.25) is 0 Å². The third kappa shape index (κ3) is 47.6. The minimum atomic E-state index is -0.870. The van der Waals surface area contributed by atoms with Gasteiger partial charge in [0.25, 0.3) is 0 Å². The Morgan fingerprint density at radius 3 is 1.26 bits per heavy atom. The Bertz CT molecular complexity index is 187. The Morgan fingerprint density at radius 2 is 1.16 bits per heavy atom. The zero-order valence-corrected chi connectivity index (χ0v) is 11.0. The molecule has 8 heteroatoms. The monoisotopic (exact) mass is 284 g/mol. The number of carboxylic acid groups (broad SMARTS) is 2. The van der Waals surface area contributed by atoms with E-state index in [1.807, 2.05) is 0 Å². The Hall–Kier alpha value is -1.22. The lowest BCUT2D eigenvalue weighted by Gasteiger charge is -1.92. The minimum Gasteiger partial charge on any atom is -0.481 e. The molecule has 0 aromatic carbocycles. The molecule has 1 unspecified atom stereocenters. The second-order valence-corrected chi connectivity index (χ2v) is 3.47. The molecule has 0 aliphatic carbocycles. The number of carbonyl (C=O) groups is 2. The number of hydrogen-bond acceptors (Lipinski definition) is 6. The summed E-state index contributed by atoms with van der Waals surface area (Å²) in [6, 6.07) is 0. The molecule has 0 fully saturated rings. The normalized spacial score (nSPS) is 10.4. The van der Waals surface area contributed by atoms with Crippen molar-refractivity contribution < 1.29 is 40.2 Å². The predicted molar refractivity (Wildman–Crippen MR) is 66.7 cm³/mol. The zero-order valence-electron chi connectivity index (χ0n) is 11.0. The summed E-state index contributed by atoms with van der Waals surface area (Å²) in [7, 11) is 0. The standard InChI is InChI=1S/C6H10O4.C3H8O2.C2H6O2/c7-5(8)3-1-2-4-6(9)10;1-3(5)2-4;3-1-2-4/h1-4H2,(H,7,8)(H,9,10);3-5H,2H2,1H3;3-4H,1-2H2. The smallest absolute Gasteiger partial charge is 0.303 e. The van der Waals surface area contributed by atoms with Crippen molar-refractivity contribution in [3.63, 3.8) is 0 Å². The van der Waals surface area contributed by atoms with E-state index in [1.54, 1.807) is 0 Å². The molecular formula is C11H24O8. The van der Waals surface area contributed by atoms with Gasteiger partial charge in [0.05, 0.1) is 25.9 Å². The average molecular weight is 284 g/mol. The Morgan fingerprint density at radius 1 is 0.895 bits per heavy atom. The van der Waals surface area contributed by atoms with Crippen molar-refractivity contribution in [2.75, 3.05) is 19.8 Å². The van der Waals surface area contributed by atoms with Crippen LogP contribution in [0.1, 0.15) is 32.6 Å². The average Bonchev–Trinajstić information content (AvgIpc) is 2.35.